The lowest BCUT2D eigenvalue weighted by molar-refractivity contribution is -0.137. The van der Waals surface area contributed by atoms with Crippen molar-refractivity contribution in [1.82, 2.24) is 4.90 Å². The summed E-state index contributed by atoms with van der Waals surface area (Å²) in [4.78, 5) is 14.6. The van der Waals surface area contributed by atoms with Gasteiger partial charge in [0, 0.05) is 26.2 Å². The Hall–Kier alpha value is -1.62. The fourth-order valence-corrected chi connectivity index (χ4v) is 2.47. The average Bonchev–Trinajstić information content (AvgIpc) is 2.47. The Labute approximate surface area is 132 Å². The van der Waals surface area contributed by atoms with Crippen LogP contribution in [0, 0.1) is 5.82 Å². The van der Waals surface area contributed by atoms with Crippen LogP contribution in [0.3, 0.4) is 0 Å². The number of aliphatic carboxylic acids is 1. The van der Waals surface area contributed by atoms with Crippen LogP contribution in [0.5, 0.6) is 0 Å². The maximum absolute atomic E-state index is 14.1. The number of nitrogens with zero attached hydrogens (tertiary/aromatic N) is 2. The first-order valence-corrected chi connectivity index (χ1v) is 7.91. The molecule has 1 N–H and O–H groups in total. The van der Waals surface area contributed by atoms with Crippen LogP contribution >= 0.6 is 0 Å². The zero-order valence-corrected chi connectivity index (χ0v) is 13.8. The summed E-state index contributed by atoms with van der Waals surface area (Å²) in [6.45, 7) is 6.95. The van der Waals surface area contributed by atoms with E-state index in [1.165, 1.54) is 6.07 Å². The molecule has 0 aromatic heterocycles. The molecular formula is C17H27FN2O2. The minimum atomic E-state index is -0.802. The van der Waals surface area contributed by atoms with Gasteiger partial charge in [0.2, 0.25) is 0 Å². The second-order valence-electron chi connectivity index (χ2n) is 5.65. The highest BCUT2D eigenvalue weighted by atomic mass is 19.1. The van der Waals surface area contributed by atoms with Crippen LogP contribution in [0.1, 0.15) is 38.7 Å². The van der Waals surface area contributed by atoms with E-state index in [2.05, 4.69) is 18.7 Å². The molecule has 1 rings (SSSR count). The van der Waals surface area contributed by atoms with Gasteiger partial charge in [-0.05, 0) is 37.6 Å². The molecule has 0 saturated carbocycles. The minimum absolute atomic E-state index is 0.113. The van der Waals surface area contributed by atoms with Gasteiger partial charge in [0.25, 0.3) is 0 Å². The Morgan fingerprint density at radius 3 is 2.36 bits per heavy atom. The van der Waals surface area contributed by atoms with E-state index in [1.807, 2.05) is 18.0 Å². The highest BCUT2D eigenvalue weighted by Crippen LogP contribution is 2.22. The van der Waals surface area contributed by atoms with Crippen molar-refractivity contribution < 1.29 is 14.3 Å². The molecule has 1 aromatic rings. The van der Waals surface area contributed by atoms with Gasteiger partial charge in [-0.3, -0.25) is 4.79 Å². The molecule has 0 fully saturated rings. The Balaban J connectivity index is 2.81. The molecule has 0 saturated heterocycles. The summed E-state index contributed by atoms with van der Waals surface area (Å²) >= 11 is 0. The molecule has 22 heavy (non-hydrogen) atoms. The van der Waals surface area contributed by atoms with E-state index in [0.29, 0.717) is 18.8 Å². The quantitative estimate of drug-likeness (QED) is 0.720. The summed E-state index contributed by atoms with van der Waals surface area (Å²) < 4.78 is 14.1. The number of anilines is 1. The Morgan fingerprint density at radius 1 is 1.18 bits per heavy atom. The average molecular weight is 310 g/mol. The number of benzene rings is 1. The number of carboxylic acid groups (broad SMARTS) is 1. The molecule has 0 unspecified atom stereocenters. The van der Waals surface area contributed by atoms with Gasteiger partial charge in [-0.1, -0.05) is 19.9 Å². The largest absolute Gasteiger partial charge is 0.481 e. The first kappa shape index (κ1) is 18.4. The lowest BCUT2D eigenvalue weighted by atomic mass is 10.1. The SMILES string of the molecule is CCCN(CCC)c1cc(CN(C)CCC(=O)O)ccc1F. The van der Waals surface area contributed by atoms with Gasteiger partial charge < -0.3 is 14.9 Å². The van der Waals surface area contributed by atoms with E-state index in [9.17, 15) is 9.18 Å². The molecule has 0 spiro atoms. The summed E-state index contributed by atoms with van der Waals surface area (Å²) in [6, 6.07) is 5.16. The zero-order chi connectivity index (χ0) is 16.5. The number of hydrogen-bond acceptors (Lipinski definition) is 3. The predicted molar refractivity (Wildman–Crippen MR) is 87.8 cm³/mol. The molecule has 0 radical (unpaired) electrons. The van der Waals surface area contributed by atoms with Crippen molar-refractivity contribution in [1.29, 1.82) is 0 Å². The van der Waals surface area contributed by atoms with Crippen molar-refractivity contribution in [3.8, 4) is 0 Å². The third-order valence-electron chi connectivity index (χ3n) is 3.50. The maximum atomic E-state index is 14.1. The van der Waals surface area contributed by atoms with Gasteiger partial charge in [-0.25, -0.2) is 4.39 Å². The third kappa shape index (κ3) is 6.02. The lowest BCUT2D eigenvalue weighted by Gasteiger charge is -2.25. The Kier molecular flexibility index (Phi) is 7.88. The molecule has 0 bridgehead atoms. The van der Waals surface area contributed by atoms with E-state index in [-0.39, 0.29) is 12.2 Å². The normalized spacial score (nSPS) is 11.0. The van der Waals surface area contributed by atoms with E-state index in [4.69, 9.17) is 5.11 Å². The first-order chi connectivity index (χ1) is 10.5. The molecule has 1 aromatic carbocycles. The molecular weight excluding hydrogens is 283 g/mol. The number of carboxylic acids is 1. The molecule has 0 aliphatic carbocycles. The van der Waals surface area contributed by atoms with Gasteiger partial charge in [0.1, 0.15) is 5.82 Å². The van der Waals surface area contributed by atoms with Crippen molar-refractivity contribution in [2.75, 3.05) is 31.6 Å². The Bertz CT molecular complexity index is 474. The van der Waals surface area contributed by atoms with Crippen LogP contribution < -0.4 is 4.90 Å². The zero-order valence-electron chi connectivity index (χ0n) is 13.8. The fraction of sp³-hybridized carbons (Fsp3) is 0.588. The van der Waals surface area contributed by atoms with Crippen molar-refractivity contribution >= 4 is 11.7 Å². The number of halogens is 1. The second kappa shape index (κ2) is 9.41. The molecule has 4 nitrogen and oxygen atoms in total. The topological polar surface area (TPSA) is 43.8 Å². The molecule has 0 atom stereocenters. The first-order valence-electron chi connectivity index (χ1n) is 7.91. The monoisotopic (exact) mass is 310 g/mol. The van der Waals surface area contributed by atoms with Crippen molar-refractivity contribution in [2.45, 2.75) is 39.7 Å². The molecule has 0 aliphatic heterocycles. The van der Waals surface area contributed by atoms with Crippen LogP contribution in [0.2, 0.25) is 0 Å². The summed E-state index contributed by atoms with van der Waals surface area (Å²) in [5.74, 6) is -0.998. The van der Waals surface area contributed by atoms with Crippen LogP contribution in [-0.4, -0.2) is 42.7 Å². The van der Waals surface area contributed by atoms with Gasteiger partial charge in [-0.2, -0.15) is 0 Å². The van der Waals surface area contributed by atoms with Crippen molar-refractivity contribution in [3.63, 3.8) is 0 Å². The predicted octanol–water partition coefficient (Wildman–Crippen LogP) is 3.36. The lowest BCUT2D eigenvalue weighted by Crippen LogP contribution is -2.26. The molecule has 5 heteroatoms. The maximum Gasteiger partial charge on any atom is 0.304 e. The summed E-state index contributed by atoms with van der Waals surface area (Å²) in [5.41, 5.74) is 1.65. The number of carbonyl (C=O) groups is 1. The van der Waals surface area contributed by atoms with E-state index in [0.717, 1.165) is 31.5 Å². The number of rotatable bonds is 10. The fourth-order valence-electron chi connectivity index (χ4n) is 2.47. The van der Waals surface area contributed by atoms with Crippen molar-refractivity contribution in [3.05, 3.63) is 29.6 Å². The van der Waals surface area contributed by atoms with E-state index in [1.54, 1.807) is 6.07 Å². The molecule has 0 heterocycles. The molecule has 0 aliphatic rings. The third-order valence-corrected chi connectivity index (χ3v) is 3.50. The minimum Gasteiger partial charge on any atom is -0.481 e. The standard InChI is InChI=1S/C17H27FN2O2/c1-4-9-20(10-5-2)16-12-14(6-7-15(16)18)13-19(3)11-8-17(21)22/h6-7,12H,4-5,8-11,13H2,1-3H3,(H,21,22). The van der Waals surface area contributed by atoms with Crippen LogP contribution in [0.25, 0.3) is 0 Å². The molecule has 0 amide bonds. The van der Waals surface area contributed by atoms with Crippen LogP contribution in [0.15, 0.2) is 18.2 Å². The summed E-state index contributed by atoms with van der Waals surface area (Å²) in [6.07, 6.45) is 2.06. The van der Waals surface area contributed by atoms with Gasteiger partial charge in [-0.15, -0.1) is 0 Å². The van der Waals surface area contributed by atoms with Gasteiger partial charge >= 0.3 is 5.97 Å². The van der Waals surface area contributed by atoms with Crippen LogP contribution in [0.4, 0.5) is 10.1 Å². The molecule has 124 valence electrons. The van der Waals surface area contributed by atoms with Crippen LogP contribution in [-0.2, 0) is 11.3 Å². The second-order valence-corrected chi connectivity index (χ2v) is 5.65. The Morgan fingerprint density at radius 2 is 1.82 bits per heavy atom. The summed E-state index contributed by atoms with van der Waals surface area (Å²) in [5, 5.41) is 8.72. The van der Waals surface area contributed by atoms with E-state index >= 15 is 0 Å². The van der Waals surface area contributed by atoms with Crippen molar-refractivity contribution in [2.24, 2.45) is 0 Å². The summed E-state index contributed by atoms with van der Waals surface area (Å²) in [7, 11) is 1.88. The number of hydrogen-bond donors (Lipinski definition) is 1. The van der Waals surface area contributed by atoms with E-state index < -0.39 is 5.97 Å². The van der Waals surface area contributed by atoms with Gasteiger partial charge in [0.15, 0.2) is 0 Å². The smallest absolute Gasteiger partial charge is 0.304 e. The highest BCUT2D eigenvalue weighted by molar-refractivity contribution is 5.66. The highest BCUT2D eigenvalue weighted by Gasteiger charge is 2.12. The van der Waals surface area contributed by atoms with Gasteiger partial charge in [0.05, 0.1) is 12.1 Å².